The minimum Gasteiger partial charge on any atom is -0.494 e. The van der Waals surface area contributed by atoms with Crippen LogP contribution in [0.1, 0.15) is 38.8 Å². The number of nitrogens with two attached hydrogens (primary N) is 1. The summed E-state index contributed by atoms with van der Waals surface area (Å²) in [6.45, 7) is 8.88. The molecule has 0 heterocycles. The summed E-state index contributed by atoms with van der Waals surface area (Å²) in [5.74, 6) is 0.969. The van der Waals surface area contributed by atoms with Crippen molar-refractivity contribution >= 4 is 0 Å². The lowest BCUT2D eigenvalue weighted by atomic mass is 9.89. The van der Waals surface area contributed by atoms with Crippen LogP contribution in [0.2, 0.25) is 0 Å². The highest BCUT2D eigenvalue weighted by atomic mass is 16.5. The first-order valence-corrected chi connectivity index (χ1v) is 5.54. The topological polar surface area (TPSA) is 35.2 Å². The predicted octanol–water partition coefficient (Wildman–Crippen LogP) is 2.84. The molecule has 1 aromatic rings. The maximum absolute atomic E-state index is 6.14. The van der Waals surface area contributed by atoms with Crippen molar-refractivity contribution in [3.05, 3.63) is 29.3 Å². The number of hydrogen-bond acceptors (Lipinski definition) is 2. The van der Waals surface area contributed by atoms with E-state index in [9.17, 15) is 0 Å². The molecule has 84 valence electrons. The van der Waals surface area contributed by atoms with Gasteiger partial charge in [0.2, 0.25) is 0 Å². The van der Waals surface area contributed by atoms with Crippen molar-refractivity contribution in [2.75, 3.05) is 6.61 Å². The summed E-state index contributed by atoms with van der Waals surface area (Å²) < 4.78 is 5.61. The van der Waals surface area contributed by atoms with Gasteiger partial charge < -0.3 is 10.5 Å². The van der Waals surface area contributed by atoms with Crippen molar-refractivity contribution in [2.24, 2.45) is 5.73 Å². The minimum atomic E-state index is -0.307. The maximum Gasteiger partial charge on any atom is 0.122 e. The quantitative estimate of drug-likeness (QED) is 0.824. The minimum absolute atomic E-state index is 0.307. The van der Waals surface area contributed by atoms with Crippen LogP contribution in [0.15, 0.2) is 18.2 Å². The van der Waals surface area contributed by atoms with Crippen molar-refractivity contribution in [3.63, 3.8) is 0 Å². The molecule has 0 bridgehead atoms. The van der Waals surface area contributed by atoms with Gasteiger partial charge in [-0.25, -0.2) is 0 Å². The van der Waals surface area contributed by atoms with Gasteiger partial charge in [-0.3, -0.25) is 0 Å². The van der Waals surface area contributed by atoms with Crippen LogP contribution >= 0.6 is 0 Å². The van der Waals surface area contributed by atoms with Crippen LogP contribution in [0.3, 0.4) is 0 Å². The van der Waals surface area contributed by atoms with Crippen molar-refractivity contribution in [1.29, 1.82) is 0 Å². The Morgan fingerprint density at radius 1 is 1.27 bits per heavy atom. The van der Waals surface area contributed by atoms with E-state index in [0.717, 1.165) is 12.2 Å². The zero-order valence-electron chi connectivity index (χ0n) is 10.1. The summed E-state index contributed by atoms with van der Waals surface area (Å²) in [7, 11) is 0. The molecule has 0 radical (unpaired) electrons. The second-order valence-electron chi connectivity index (χ2n) is 4.29. The van der Waals surface area contributed by atoms with Gasteiger partial charge in [-0.15, -0.1) is 0 Å². The van der Waals surface area contributed by atoms with E-state index >= 15 is 0 Å². The first kappa shape index (κ1) is 12.1. The van der Waals surface area contributed by atoms with Crippen molar-refractivity contribution in [3.8, 4) is 5.75 Å². The van der Waals surface area contributed by atoms with E-state index in [1.165, 1.54) is 11.1 Å². The summed E-state index contributed by atoms with van der Waals surface area (Å²) in [6, 6.07) is 6.10. The van der Waals surface area contributed by atoms with Gasteiger partial charge in [-0.05, 0) is 44.4 Å². The van der Waals surface area contributed by atoms with E-state index in [0.29, 0.717) is 6.61 Å². The fourth-order valence-corrected chi connectivity index (χ4v) is 1.82. The number of hydrogen-bond donors (Lipinski definition) is 1. The highest BCUT2D eigenvalue weighted by molar-refractivity contribution is 5.43. The van der Waals surface area contributed by atoms with Crippen LogP contribution < -0.4 is 10.5 Å². The van der Waals surface area contributed by atoms with Crippen LogP contribution in [0.4, 0.5) is 0 Å². The Morgan fingerprint density at radius 3 is 2.40 bits per heavy atom. The van der Waals surface area contributed by atoms with Gasteiger partial charge >= 0.3 is 0 Å². The summed E-state index contributed by atoms with van der Waals surface area (Å²) >= 11 is 0. The van der Waals surface area contributed by atoms with Gasteiger partial charge in [0.05, 0.1) is 6.61 Å². The van der Waals surface area contributed by atoms with Crippen LogP contribution in [0, 0.1) is 0 Å². The van der Waals surface area contributed by atoms with E-state index < -0.39 is 0 Å². The average molecular weight is 207 g/mol. The van der Waals surface area contributed by atoms with Gasteiger partial charge in [0.1, 0.15) is 5.75 Å². The molecule has 0 atom stereocenters. The van der Waals surface area contributed by atoms with E-state index in [1.54, 1.807) is 0 Å². The van der Waals surface area contributed by atoms with Crippen LogP contribution in [0.25, 0.3) is 0 Å². The molecule has 15 heavy (non-hydrogen) atoms. The van der Waals surface area contributed by atoms with E-state index in [4.69, 9.17) is 10.5 Å². The molecule has 0 spiro atoms. The molecule has 0 aromatic heterocycles. The Balaban J connectivity index is 3.22. The maximum atomic E-state index is 6.14. The van der Waals surface area contributed by atoms with Gasteiger partial charge in [-0.1, -0.05) is 19.1 Å². The van der Waals surface area contributed by atoms with Gasteiger partial charge in [0.15, 0.2) is 0 Å². The van der Waals surface area contributed by atoms with Gasteiger partial charge in [-0.2, -0.15) is 0 Å². The zero-order valence-corrected chi connectivity index (χ0v) is 10.1. The van der Waals surface area contributed by atoms with Crippen molar-refractivity contribution < 1.29 is 4.74 Å². The molecule has 2 N–H and O–H groups in total. The highest BCUT2D eigenvalue weighted by Crippen LogP contribution is 2.29. The highest BCUT2D eigenvalue weighted by Gasteiger charge is 2.19. The molecule has 0 aliphatic rings. The van der Waals surface area contributed by atoms with Crippen LogP contribution in [-0.4, -0.2) is 6.61 Å². The second-order valence-corrected chi connectivity index (χ2v) is 4.29. The Bertz CT molecular complexity index is 326. The summed E-state index contributed by atoms with van der Waals surface area (Å²) in [6.07, 6.45) is 0.951. The number of ether oxygens (including phenoxy) is 1. The summed E-state index contributed by atoms with van der Waals surface area (Å²) in [5, 5.41) is 0. The smallest absolute Gasteiger partial charge is 0.122 e. The molecule has 0 amide bonds. The van der Waals surface area contributed by atoms with E-state index in [2.05, 4.69) is 13.0 Å². The Kier molecular flexibility index (Phi) is 3.75. The second kappa shape index (κ2) is 4.67. The largest absolute Gasteiger partial charge is 0.494 e. The first-order chi connectivity index (χ1) is 7.00. The molecule has 0 saturated heterocycles. The fourth-order valence-electron chi connectivity index (χ4n) is 1.82. The molecular formula is C13H21NO. The molecule has 1 rings (SSSR count). The molecule has 2 nitrogen and oxygen atoms in total. The lowest BCUT2D eigenvalue weighted by Gasteiger charge is -2.24. The third-order valence-corrected chi connectivity index (χ3v) is 2.48. The SMILES string of the molecule is CCOc1cccc(C(C)(C)N)c1CC. The standard InChI is InChI=1S/C13H21NO/c1-5-10-11(13(3,4)14)8-7-9-12(10)15-6-2/h7-9H,5-6,14H2,1-4H3. The Morgan fingerprint density at radius 2 is 1.93 bits per heavy atom. The van der Waals surface area contributed by atoms with E-state index in [-0.39, 0.29) is 5.54 Å². The monoisotopic (exact) mass is 207 g/mol. The molecule has 2 heteroatoms. The van der Waals surface area contributed by atoms with E-state index in [1.807, 2.05) is 32.9 Å². The summed E-state index contributed by atoms with van der Waals surface area (Å²) in [4.78, 5) is 0. The normalized spacial score (nSPS) is 11.5. The Labute approximate surface area is 92.4 Å². The molecule has 0 aliphatic heterocycles. The predicted molar refractivity (Wildman–Crippen MR) is 64.2 cm³/mol. The molecule has 0 unspecified atom stereocenters. The van der Waals surface area contributed by atoms with Crippen molar-refractivity contribution in [1.82, 2.24) is 0 Å². The van der Waals surface area contributed by atoms with Crippen LogP contribution in [-0.2, 0) is 12.0 Å². The van der Waals surface area contributed by atoms with Gasteiger partial charge in [0.25, 0.3) is 0 Å². The fraction of sp³-hybridized carbons (Fsp3) is 0.538. The molecule has 0 aliphatic carbocycles. The lowest BCUT2D eigenvalue weighted by Crippen LogP contribution is -2.30. The third kappa shape index (κ3) is 2.72. The zero-order chi connectivity index (χ0) is 11.5. The molecule has 1 aromatic carbocycles. The van der Waals surface area contributed by atoms with Crippen LogP contribution in [0.5, 0.6) is 5.75 Å². The first-order valence-electron chi connectivity index (χ1n) is 5.54. The molecule has 0 saturated carbocycles. The third-order valence-electron chi connectivity index (χ3n) is 2.48. The average Bonchev–Trinajstić information content (AvgIpc) is 2.16. The number of rotatable bonds is 4. The lowest BCUT2D eigenvalue weighted by molar-refractivity contribution is 0.335. The number of benzene rings is 1. The van der Waals surface area contributed by atoms with Gasteiger partial charge in [0, 0.05) is 5.54 Å². The molecule has 0 fully saturated rings. The molecular weight excluding hydrogens is 186 g/mol. The summed E-state index contributed by atoms with van der Waals surface area (Å²) in [5.41, 5.74) is 8.24. The Hall–Kier alpha value is -1.02. The van der Waals surface area contributed by atoms with Crippen molar-refractivity contribution in [2.45, 2.75) is 39.7 Å².